The van der Waals surface area contributed by atoms with E-state index in [0.29, 0.717) is 17.4 Å². The monoisotopic (exact) mass is 402 g/mol. The van der Waals surface area contributed by atoms with Crippen LogP contribution in [-0.2, 0) is 9.53 Å². The zero-order valence-electron chi connectivity index (χ0n) is 22.4. The maximum atomic E-state index is 9.82. The molecule has 174 valence electrons. The minimum atomic E-state index is -0.211. The highest BCUT2D eigenvalue weighted by Gasteiger charge is 2.11. The molecule has 0 N–H and O–H groups in total. The number of hydrogen-bond donors (Lipinski definition) is 0. The SMILES string of the molecule is CC(C)CC(C)(C)C.CC(C)CC(C)(C)C.CCCCCC.CCOC(C)=O. The van der Waals surface area contributed by atoms with Gasteiger partial charge in [-0.25, -0.2) is 0 Å². The second kappa shape index (κ2) is 21.2. The summed E-state index contributed by atoms with van der Waals surface area (Å²) < 4.78 is 4.40. The molecule has 0 aromatic carbocycles. The van der Waals surface area contributed by atoms with Gasteiger partial charge in [-0.1, -0.05) is 109 Å². The Morgan fingerprint density at radius 1 is 0.714 bits per heavy atom. The average molecular weight is 403 g/mol. The second-order valence-corrected chi connectivity index (χ2v) is 10.9. The molecule has 0 amide bonds. The van der Waals surface area contributed by atoms with E-state index >= 15 is 0 Å². The molecule has 0 bridgehead atoms. The molecule has 0 aliphatic carbocycles. The van der Waals surface area contributed by atoms with Crippen molar-refractivity contribution in [3.05, 3.63) is 0 Å². The van der Waals surface area contributed by atoms with E-state index in [9.17, 15) is 4.79 Å². The van der Waals surface area contributed by atoms with Crippen molar-refractivity contribution in [3.8, 4) is 0 Å². The Kier molecular flexibility index (Phi) is 26.4. The van der Waals surface area contributed by atoms with E-state index in [-0.39, 0.29) is 5.97 Å². The molecular formula is C26H58O2. The van der Waals surface area contributed by atoms with Gasteiger partial charge < -0.3 is 4.74 Å². The summed E-state index contributed by atoms with van der Waals surface area (Å²) in [6.07, 6.45) is 8.19. The zero-order valence-corrected chi connectivity index (χ0v) is 22.4. The smallest absolute Gasteiger partial charge is 0.302 e. The van der Waals surface area contributed by atoms with Gasteiger partial charge in [-0.3, -0.25) is 4.79 Å². The van der Waals surface area contributed by atoms with Crippen LogP contribution in [-0.4, -0.2) is 12.6 Å². The molecule has 2 nitrogen and oxygen atoms in total. The fraction of sp³-hybridized carbons (Fsp3) is 0.962. The van der Waals surface area contributed by atoms with Crippen molar-refractivity contribution in [3.63, 3.8) is 0 Å². The molecule has 0 aliphatic rings. The fourth-order valence-corrected chi connectivity index (χ4v) is 3.15. The van der Waals surface area contributed by atoms with Crippen LogP contribution in [0, 0.1) is 22.7 Å². The third-order valence-corrected chi connectivity index (χ3v) is 3.35. The van der Waals surface area contributed by atoms with Gasteiger partial charge in [0.05, 0.1) is 6.61 Å². The molecule has 28 heavy (non-hydrogen) atoms. The normalized spacial score (nSPS) is 10.9. The van der Waals surface area contributed by atoms with Crippen LogP contribution in [0.3, 0.4) is 0 Å². The van der Waals surface area contributed by atoms with Gasteiger partial charge in [-0.2, -0.15) is 0 Å². The fourth-order valence-electron chi connectivity index (χ4n) is 3.15. The first kappa shape index (κ1) is 34.9. The van der Waals surface area contributed by atoms with Gasteiger partial charge in [-0.15, -0.1) is 0 Å². The third-order valence-electron chi connectivity index (χ3n) is 3.35. The Hall–Kier alpha value is -0.530. The number of ether oxygens (including phenoxy) is 1. The lowest BCUT2D eigenvalue weighted by molar-refractivity contribution is -0.140. The lowest BCUT2D eigenvalue weighted by atomic mass is 9.86. The topological polar surface area (TPSA) is 26.3 Å². The van der Waals surface area contributed by atoms with Crippen molar-refractivity contribution in [2.75, 3.05) is 6.61 Å². The molecule has 0 unspecified atom stereocenters. The third kappa shape index (κ3) is 63.7. The van der Waals surface area contributed by atoms with Crippen LogP contribution in [0.5, 0.6) is 0 Å². The number of hydrogen-bond acceptors (Lipinski definition) is 2. The zero-order chi connectivity index (χ0) is 23.4. The van der Waals surface area contributed by atoms with Crippen molar-refractivity contribution in [1.29, 1.82) is 0 Å². The molecule has 0 aromatic heterocycles. The van der Waals surface area contributed by atoms with Gasteiger partial charge in [0.15, 0.2) is 0 Å². The van der Waals surface area contributed by atoms with E-state index < -0.39 is 0 Å². The van der Waals surface area contributed by atoms with Crippen LogP contribution in [0.2, 0.25) is 0 Å². The molecule has 0 fully saturated rings. The highest BCUT2D eigenvalue weighted by Crippen LogP contribution is 2.23. The van der Waals surface area contributed by atoms with Crippen molar-refractivity contribution >= 4 is 5.97 Å². The van der Waals surface area contributed by atoms with E-state index in [0.717, 1.165) is 11.8 Å². The highest BCUT2D eigenvalue weighted by atomic mass is 16.5. The molecule has 0 aromatic rings. The molecular weight excluding hydrogens is 344 g/mol. The lowest BCUT2D eigenvalue weighted by Crippen LogP contribution is -2.08. The summed E-state index contributed by atoms with van der Waals surface area (Å²) >= 11 is 0. The molecule has 0 radical (unpaired) electrons. The van der Waals surface area contributed by atoms with E-state index in [2.05, 4.69) is 87.8 Å². The Bertz CT molecular complexity index is 279. The maximum absolute atomic E-state index is 9.82. The van der Waals surface area contributed by atoms with E-state index in [1.54, 1.807) is 6.92 Å². The van der Waals surface area contributed by atoms with E-state index in [1.807, 2.05) is 0 Å². The van der Waals surface area contributed by atoms with Crippen molar-refractivity contribution < 1.29 is 9.53 Å². The molecule has 0 aliphatic heterocycles. The summed E-state index contributed by atoms with van der Waals surface area (Å²) in [4.78, 5) is 9.82. The first-order valence-electron chi connectivity index (χ1n) is 11.7. The van der Waals surface area contributed by atoms with Gasteiger partial charge in [0.25, 0.3) is 0 Å². The van der Waals surface area contributed by atoms with Crippen LogP contribution < -0.4 is 0 Å². The highest BCUT2D eigenvalue weighted by molar-refractivity contribution is 5.65. The molecule has 0 rings (SSSR count). The van der Waals surface area contributed by atoms with Crippen LogP contribution >= 0.6 is 0 Å². The van der Waals surface area contributed by atoms with Crippen LogP contribution in [0.1, 0.15) is 135 Å². The predicted octanol–water partition coefficient (Wildman–Crippen LogP) is 9.31. The summed E-state index contributed by atoms with van der Waals surface area (Å²) in [5.74, 6) is 1.47. The predicted molar refractivity (Wildman–Crippen MR) is 130 cm³/mol. The van der Waals surface area contributed by atoms with Gasteiger partial charge in [0.2, 0.25) is 0 Å². The van der Waals surface area contributed by atoms with Crippen molar-refractivity contribution in [2.45, 2.75) is 135 Å². The minimum Gasteiger partial charge on any atom is -0.466 e. The number of rotatable bonds is 6. The number of unbranched alkanes of at least 4 members (excludes halogenated alkanes) is 3. The largest absolute Gasteiger partial charge is 0.466 e. The van der Waals surface area contributed by atoms with E-state index in [1.165, 1.54) is 45.4 Å². The average Bonchev–Trinajstić information content (AvgIpc) is 2.41. The van der Waals surface area contributed by atoms with Crippen molar-refractivity contribution in [1.82, 2.24) is 0 Å². The quantitative estimate of drug-likeness (QED) is 0.327. The molecule has 0 spiro atoms. The minimum absolute atomic E-state index is 0.211. The van der Waals surface area contributed by atoms with Crippen LogP contribution in [0.25, 0.3) is 0 Å². The molecule has 2 heteroatoms. The second-order valence-electron chi connectivity index (χ2n) is 10.9. The Morgan fingerprint density at radius 2 is 1.00 bits per heavy atom. The summed E-state index contributed by atoms with van der Waals surface area (Å²) in [5.41, 5.74) is 1.04. The molecule has 0 saturated carbocycles. The molecule has 0 atom stereocenters. The summed E-state index contributed by atoms with van der Waals surface area (Å²) in [7, 11) is 0. The van der Waals surface area contributed by atoms with Gasteiger partial charge in [0.1, 0.15) is 0 Å². The first-order chi connectivity index (χ1) is 12.5. The maximum Gasteiger partial charge on any atom is 0.302 e. The van der Waals surface area contributed by atoms with Crippen molar-refractivity contribution in [2.24, 2.45) is 22.7 Å². The Morgan fingerprint density at radius 3 is 1.04 bits per heavy atom. The van der Waals surface area contributed by atoms with Gasteiger partial charge in [0, 0.05) is 6.92 Å². The van der Waals surface area contributed by atoms with Crippen LogP contribution in [0.15, 0.2) is 0 Å². The number of carbonyl (C=O) groups excluding carboxylic acids is 1. The lowest BCUT2D eigenvalue weighted by Gasteiger charge is -2.20. The van der Waals surface area contributed by atoms with Gasteiger partial charge >= 0.3 is 5.97 Å². The van der Waals surface area contributed by atoms with Gasteiger partial charge in [-0.05, 0) is 42.4 Å². The summed E-state index contributed by atoms with van der Waals surface area (Å²) in [5, 5.41) is 0. The standard InChI is InChI=1S/2C8H18.C6H14.C4H8O2/c2*1-7(2)6-8(3,4)5;1-3-5-6-4-2;1-3-6-4(2)5/h2*7H,6H2,1-5H3;3-6H2,1-2H3;3H2,1-2H3. The first-order valence-corrected chi connectivity index (χ1v) is 11.7. The van der Waals surface area contributed by atoms with Crippen LogP contribution in [0.4, 0.5) is 0 Å². The molecule has 0 saturated heterocycles. The number of carbonyl (C=O) groups is 1. The summed E-state index contributed by atoms with van der Waals surface area (Å²) in [6.45, 7) is 30.9. The Balaban J connectivity index is -0.000000139. The summed E-state index contributed by atoms with van der Waals surface area (Å²) in [6, 6.07) is 0. The molecule has 0 heterocycles. The van der Waals surface area contributed by atoms with E-state index in [4.69, 9.17) is 0 Å². The Labute approximate surface area is 180 Å². The number of esters is 1.